The maximum atomic E-state index is 12.3. The lowest BCUT2D eigenvalue weighted by Crippen LogP contribution is -2.09. The van der Waals surface area contributed by atoms with Crippen LogP contribution in [0.1, 0.15) is 33.6 Å². The van der Waals surface area contributed by atoms with Crippen LogP contribution >= 0.6 is 0 Å². The number of benzene rings is 3. The van der Waals surface area contributed by atoms with Gasteiger partial charge in [0.2, 0.25) is 0 Å². The average molecular weight is 670 g/mol. The Balaban J connectivity index is 0.000000187. The standard InChI is InChI=1S/C23H23N5O2.C14H16N6/c1-16-9-10-19(12-23(29)30-15-18-7-5-4-6-8-18)11-22(16)28-14-21(25-26-28)20-13-24-27(3)17(20)2;1-9-4-5-11(15)6-14(9)20-8-13(17-18-20)12-7-16-19(3)10(12)2/h4-11,13-14H,12,15H2,1-3H3;4-8H,15H2,1-3H3. The van der Waals surface area contributed by atoms with Crippen LogP contribution in [0.25, 0.3) is 33.9 Å². The van der Waals surface area contributed by atoms with Gasteiger partial charge in [-0.2, -0.15) is 10.2 Å². The number of esters is 1. The number of hydrogen-bond acceptors (Lipinski definition) is 9. The molecular formula is C37H39N11O2. The SMILES string of the molecule is Cc1ccc(CC(=O)OCc2ccccc2)cc1-n1cc(-c2cnn(C)c2C)nn1.Cc1ccc(N)cc1-n1cc(-c2cnn(C)c2C)nn1. The molecular weight excluding hydrogens is 630 g/mol. The highest BCUT2D eigenvalue weighted by Crippen LogP contribution is 2.24. The smallest absolute Gasteiger partial charge is 0.310 e. The Kier molecular flexibility index (Phi) is 9.66. The number of hydrogen-bond donors (Lipinski definition) is 1. The summed E-state index contributed by atoms with van der Waals surface area (Å²) in [4.78, 5) is 12.3. The van der Waals surface area contributed by atoms with Gasteiger partial charge in [-0.15, -0.1) is 10.2 Å². The van der Waals surface area contributed by atoms with Gasteiger partial charge < -0.3 is 10.5 Å². The molecule has 0 unspecified atom stereocenters. The van der Waals surface area contributed by atoms with E-state index in [1.54, 1.807) is 26.4 Å². The quantitative estimate of drug-likeness (QED) is 0.165. The Bertz CT molecular complexity index is 2260. The maximum absolute atomic E-state index is 12.3. The number of nitrogens with two attached hydrogens (primary N) is 1. The molecule has 0 aliphatic carbocycles. The number of aromatic nitrogens is 10. The van der Waals surface area contributed by atoms with E-state index in [0.29, 0.717) is 5.69 Å². The van der Waals surface area contributed by atoms with Crippen LogP contribution in [0.4, 0.5) is 5.69 Å². The van der Waals surface area contributed by atoms with E-state index >= 15 is 0 Å². The average Bonchev–Trinajstić information content (AvgIpc) is 3.92. The number of aryl methyl sites for hydroxylation is 4. The Labute approximate surface area is 289 Å². The lowest BCUT2D eigenvalue weighted by molar-refractivity contribution is -0.144. The molecule has 4 aromatic heterocycles. The number of nitrogens with zero attached hydrogens (tertiary/aromatic N) is 10. The number of anilines is 1. The molecule has 3 aromatic carbocycles. The molecule has 0 radical (unpaired) electrons. The van der Waals surface area contributed by atoms with Crippen LogP contribution in [0.3, 0.4) is 0 Å². The van der Waals surface area contributed by atoms with Gasteiger partial charge >= 0.3 is 5.97 Å². The maximum Gasteiger partial charge on any atom is 0.310 e. The van der Waals surface area contributed by atoms with Crippen LogP contribution in [0.2, 0.25) is 0 Å². The van der Waals surface area contributed by atoms with Crippen molar-refractivity contribution >= 4 is 11.7 Å². The molecule has 0 aliphatic heterocycles. The van der Waals surface area contributed by atoms with Crippen molar-refractivity contribution in [1.29, 1.82) is 0 Å². The molecule has 2 N–H and O–H groups in total. The van der Waals surface area contributed by atoms with Crippen LogP contribution < -0.4 is 5.73 Å². The van der Waals surface area contributed by atoms with Gasteiger partial charge in [0, 0.05) is 42.3 Å². The highest BCUT2D eigenvalue weighted by atomic mass is 16.5. The number of rotatable bonds is 8. The largest absolute Gasteiger partial charge is 0.461 e. The molecule has 0 saturated carbocycles. The molecule has 0 saturated heterocycles. The summed E-state index contributed by atoms with van der Waals surface area (Å²) in [5.74, 6) is -0.265. The van der Waals surface area contributed by atoms with E-state index in [1.807, 2.05) is 126 Å². The highest BCUT2D eigenvalue weighted by molar-refractivity contribution is 5.73. The van der Waals surface area contributed by atoms with E-state index in [4.69, 9.17) is 10.5 Å². The lowest BCUT2D eigenvalue weighted by atomic mass is 10.1. The topological polar surface area (TPSA) is 149 Å². The van der Waals surface area contributed by atoms with Gasteiger partial charge in [0.05, 0.1) is 42.6 Å². The van der Waals surface area contributed by atoms with Crippen molar-refractivity contribution in [2.45, 2.75) is 40.7 Å². The first kappa shape index (κ1) is 33.5. The minimum absolute atomic E-state index is 0.198. The Hall–Kier alpha value is -6.37. The van der Waals surface area contributed by atoms with Crippen molar-refractivity contribution in [2.75, 3.05) is 5.73 Å². The summed E-state index contributed by atoms with van der Waals surface area (Å²) in [5.41, 5.74) is 17.9. The van der Waals surface area contributed by atoms with E-state index in [9.17, 15) is 4.79 Å². The lowest BCUT2D eigenvalue weighted by Gasteiger charge is -2.09. The minimum atomic E-state index is -0.265. The molecule has 7 rings (SSSR count). The monoisotopic (exact) mass is 669 g/mol. The van der Waals surface area contributed by atoms with Crippen molar-refractivity contribution in [3.05, 3.63) is 125 Å². The summed E-state index contributed by atoms with van der Waals surface area (Å²) in [6.45, 7) is 8.30. The Morgan fingerprint density at radius 2 is 1.24 bits per heavy atom. The van der Waals surface area contributed by atoms with E-state index < -0.39 is 0 Å². The van der Waals surface area contributed by atoms with Gasteiger partial charge in [-0.05, 0) is 68.1 Å². The molecule has 13 nitrogen and oxygen atoms in total. The van der Waals surface area contributed by atoms with Crippen molar-refractivity contribution in [3.8, 4) is 33.9 Å². The number of carbonyl (C=O) groups excluding carboxylic acids is 1. The molecule has 0 bridgehead atoms. The Morgan fingerprint density at radius 1 is 0.700 bits per heavy atom. The molecule has 0 fully saturated rings. The van der Waals surface area contributed by atoms with Crippen LogP contribution in [0, 0.1) is 27.7 Å². The molecule has 0 spiro atoms. The number of nitrogen functional groups attached to an aromatic ring is 1. The molecule has 13 heteroatoms. The number of ether oxygens (including phenoxy) is 1. The summed E-state index contributed by atoms with van der Waals surface area (Å²) >= 11 is 0. The van der Waals surface area contributed by atoms with Gasteiger partial charge in [-0.3, -0.25) is 14.2 Å². The molecule has 50 heavy (non-hydrogen) atoms. The van der Waals surface area contributed by atoms with Crippen LogP contribution in [0.15, 0.2) is 91.5 Å². The second-order valence-electron chi connectivity index (χ2n) is 12.1. The first-order chi connectivity index (χ1) is 24.1. The molecule has 0 amide bonds. The van der Waals surface area contributed by atoms with E-state index in [1.165, 1.54) is 0 Å². The van der Waals surface area contributed by atoms with Crippen LogP contribution in [-0.4, -0.2) is 55.5 Å². The second kappa shape index (κ2) is 14.4. The predicted molar refractivity (Wildman–Crippen MR) is 190 cm³/mol. The first-order valence-corrected chi connectivity index (χ1v) is 16.1. The number of carbonyl (C=O) groups is 1. The van der Waals surface area contributed by atoms with Gasteiger partial charge in [0.25, 0.3) is 0 Å². The molecule has 7 aromatic rings. The fourth-order valence-corrected chi connectivity index (χ4v) is 5.35. The summed E-state index contributed by atoms with van der Waals surface area (Å²) in [6.07, 6.45) is 7.56. The van der Waals surface area contributed by atoms with Gasteiger partial charge in [-0.25, -0.2) is 9.36 Å². The first-order valence-electron chi connectivity index (χ1n) is 16.1. The second-order valence-corrected chi connectivity index (χ2v) is 12.1. The third kappa shape index (κ3) is 7.36. The van der Waals surface area contributed by atoms with E-state index in [-0.39, 0.29) is 19.0 Å². The minimum Gasteiger partial charge on any atom is -0.461 e. The zero-order valence-electron chi connectivity index (χ0n) is 28.9. The van der Waals surface area contributed by atoms with Gasteiger partial charge in [-0.1, -0.05) is 59.0 Å². The van der Waals surface area contributed by atoms with E-state index in [2.05, 4.69) is 30.8 Å². The normalized spacial score (nSPS) is 10.9. The van der Waals surface area contributed by atoms with Crippen molar-refractivity contribution in [3.63, 3.8) is 0 Å². The highest BCUT2D eigenvalue weighted by Gasteiger charge is 2.15. The summed E-state index contributed by atoms with van der Waals surface area (Å²) in [6, 6.07) is 21.3. The predicted octanol–water partition coefficient (Wildman–Crippen LogP) is 5.44. The van der Waals surface area contributed by atoms with Crippen molar-refractivity contribution in [1.82, 2.24) is 49.5 Å². The molecule has 0 aliphatic rings. The fourth-order valence-electron chi connectivity index (χ4n) is 5.35. The third-order valence-electron chi connectivity index (χ3n) is 8.60. The summed E-state index contributed by atoms with van der Waals surface area (Å²) in [5, 5.41) is 25.5. The molecule has 4 heterocycles. The fraction of sp³-hybridized carbons (Fsp3) is 0.216. The van der Waals surface area contributed by atoms with Crippen LogP contribution in [-0.2, 0) is 36.7 Å². The van der Waals surface area contributed by atoms with Gasteiger partial charge in [0.15, 0.2) is 0 Å². The van der Waals surface area contributed by atoms with Gasteiger partial charge in [0.1, 0.15) is 18.0 Å². The van der Waals surface area contributed by atoms with Crippen molar-refractivity contribution < 1.29 is 9.53 Å². The Morgan fingerprint density at radius 3 is 1.78 bits per heavy atom. The van der Waals surface area contributed by atoms with Crippen molar-refractivity contribution in [2.24, 2.45) is 14.1 Å². The zero-order chi connectivity index (χ0) is 35.4. The molecule has 0 atom stereocenters. The summed E-state index contributed by atoms with van der Waals surface area (Å²) < 4.78 is 12.5. The zero-order valence-corrected chi connectivity index (χ0v) is 28.9. The van der Waals surface area contributed by atoms with E-state index in [0.717, 1.165) is 67.5 Å². The third-order valence-corrected chi connectivity index (χ3v) is 8.60. The molecule has 254 valence electrons. The van der Waals surface area contributed by atoms with Crippen LogP contribution in [0.5, 0.6) is 0 Å². The summed E-state index contributed by atoms with van der Waals surface area (Å²) in [7, 11) is 3.80.